The summed E-state index contributed by atoms with van der Waals surface area (Å²) in [5.41, 5.74) is 0.418. The van der Waals surface area contributed by atoms with Crippen LogP contribution in [0.5, 0.6) is 0 Å². The maximum Gasteiger partial charge on any atom is 0.126 e. The zero-order chi connectivity index (χ0) is 15.3. The maximum atomic E-state index is 13.9. The van der Waals surface area contributed by atoms with E-state index in [2.05, 4.69) is 6.92 Å². The van der Waals surface area contributed by atoms with Crippen molar-refractivity contribution in [3.05, 3.63) is 35.4 Å². The minimum Gasteiger partial charge on any atom is -0.207 e. The van der Waals surface area contributed by atoms with Gasteiger partial charge in [-0.2, -0.15) is 0 Å². The Kier molecular flexibility index (Phi) is 6.04. The summed E-state index contributed by atoms with van der Waals surface area (Å²) >= 11 is 6.22. The first-order valence-electron chi connectivity index (χ1n) is 8.08. The summed E-state index contributed by atoms with van der Waals surface area (Å²) in [5, 5.41) is 0. The third-order valence-corrected chi connectivity index (χ3v) is 5.56. The molecule has 1 aromatic rings. The maximum absolute atomic E-state index is 13.9. The molecule has 0 N–H and O–H groups in total. The summed E-state index contributed by atoms with van der Waals surface area (Å²) in [7, 11) is 0. The molecule has 0 unspecified atom stereocenters. The predicted octanol–water partition coefficient (Wildman–Crippen LogP) is 6.11. The van der Waals surface area contributed by atoms with Crippen LogP contribution in [0.1, 0.15) is 57.4 Å². The molecule has 21 heavy (non-hydrogen) atoms. The van der Waals surface area contributed by atoms with Crippen molar-refractivity contribution in [2.24, 2.45) is 11.3 Å². The highest BCUT2D eigenvalue weighted by Gasteiger charge is 2.35. The van der Waals surface area contributed by atoms with Crippen molar-refractivity contribution in [3.63, 3.8) is 0 Å². The van der Waals surface area contributed by atoms with Gasteiger partial charge in [-0.25, -0.2) is 8.78 Å². The third kappa shape index (κ3) is 4.42. The second-order valence-corrected chi connectivity index (χ2v) is 6.90. The first kappa shape index (κ1) is 16.7. The highest BCUT2D eigenvalue weighted by Crippen LogP contribution is 2.44. The van der Waals surface area contributed by atoms with E-state index < -0.39 is 0 Å². The van der Waals surface area contributed by atoms with Crippen molar-refractivity contribution < 1.29 is 8.78 Å². The van der Waals surface area contributed by atoms with Crippen LogP contribution in [0.4, 0.5) is 8.78 Å². The second kappa shape index (κ2) is 7.58. The summed E-state index contributed by atoms with van der Waals surface area (Å²) < 4.78 is 27.2. The molecule has 0 spiro atoms. The van der Waals surface area contributed by atoms with Crippen LogP contribution in [0.3, 0.4) is 0 Å². The Morgan fingerprint density at radius 2 is 1.95 bits per heavy atom. The van der Waals surface area contributed by atoms with E-state index >= 15 is 0 Å². The molecule has 2 rings (SSSR count). The number of hydrogen-bond acceptors (Lipinski definition) is 0. The van der Waals surface area contributed by atoms with Gasteiger partial charge in [0.15, 0.2) is 0 Å². The largest absolute Gasteiger partial charge is 0.207 e. The molecule has 0 aliphatic heterocycles. The van der Waals surface area contributed by atoms with Gasteiger partial charge < -0.3 is 0 Å². The lowest BCUT2D eigenvalue weighted by molar-refractivity contribution is 0.164. The highest BCUT2D eigenvalue weighted by molar-refractivity contribution is 6.18. The lowest BCUT2D eigenvalue weighted by Crippen LogP contribution is -2.32. The molecule has 1 fully saturated rings. The topological polar surface area (TPSA) is 0 Å². The molecule has 0 heterocycles. The Labute approximate surface area is 131 Å². The summed E-state index contributed by atoms with van der Waals surface area (Å²) in [5.74, 6) is 0.643. The zero-order valence-electron chi connectivity index (χ0n) is 12.8. The Morgan fingerprint density at radius 1 is 1.24 bits per heavy atom. The van der Waals surface area contributed by atoms with Gasteiger partial charge in [-0.3, -0.25) is 0 Å². The molecule has 0 nitrogen and oxygen atoms in total. The van der Waals surface area contributed by atoms with Crippen LogP contribution < -0.4 is 0 Å². The van der Waals surface area contributed by atoms with Gasteiger partial charge >= 0.3 is 0 Å². The first-order valence-corrected chi connectivity index (χ1v) is 8.62. The third-order valence-electron chi connectivity index (χ3n) is 4.99. The molecule has 3 heteroatoms. The first-order chi connectivity index (χ1) is 10.1. The van der Waals surface area contributed by atoms with Crippen LogP contribution in [0.25, 0.3) is 0 Å². The summed E-state index contributed by atoms with van der Waals surface area (Å²) in [6.07, 6.45) is 8.78. The molecule has 0 bridgehead atoms. The molecule has 1 aliphatic carbocycles. The minimum atomic E-state index is -0.368. The van der Waals surface area contributed by atoms with E-state index in [0.29, 0.717) is 17.9 Å². The van der Waals surface area contributed by atoms with E-state index in [1.807, 2.05) is 0 Å². The highest BCUT2D eigenvalue weighted by atomic mass is 35.5. The van der Waals surface area contributed by atoms with E-state index in [1.54, 1.807) is 0 Å². The summed E-state index contributed by atoms with van der Waals surface area (Å²) in [6.45, 7) is 2.22. The molecule has 0 radical (unpaired) electrons. The number of halogens is 3. The molecular formula is C18H25ClF2. The van der Waals surface area contributed by atoms with Gasteiger partial charge in [-0.1, -0.05) is 26.2 Å². The molecule has 0 aromatic heterocycles. The molecule has 0 saturated heterocycles. The van der Waals surface area contributed by atoms with E-state index in [4.69, 9.17) is 11.6 Å². The molecule has 0 atom stereocenters. The lowest BCUT2D eigenvalue weighted by atomic mass is 9.68. The molecule has 1 saturated carbocycles. The van der Waals surface area contributed by atoms with Crippen molar-refractivity contribution in [2.45, 2.75) is 58.3 Å². The average molecular weight is 315 g/mol. The number of unbranched alkanes of at least 4 members (excludes halogenated alkanes) is 1. The van der Waals surface area contributed by atoms with E-state index in [-0.39, 0.29) is 17.0 Å². The molecular weight excluding hydrogens is 290 g/mol. The van der Waals surface area contributed by atoms with E-state index in [1.165, 1.54) is 50.3 Å². The average Bonchev–Trinajstić information content (AvgIpc) is 2.50. The minimum absolute atomic E-state index is 0.0566. The summed E-state index contributed by atoms with van der Waals surface area (Å²) in [4.78, 5) is 0. The number of hydrogen-bond donors (Lipinski definition) is 0. The zero-order valence-corrected chi connectivity index (χ0v) is 13.6. The fourth-order valence-corrected chi connectivity index (χ4v) is 3.87. The lowest BCUT2D eigenvalue weighted by Gasteiger charge is -2.39. The van der Waals surface area contributed by atoms with Crippen molar-refractivity contribution in [1.82, 2.24) is 0 Å². The number of rotatable bonds is 6. The van der Waals surface area contributed by atoms with Gasteiger partial charge in [0, 0.05) is 5.88 Å². The van der Waals surface area contributed by atoms with Crippen molar-refractivity contribution in [3.8, 4) is 0 Å². The van der Waals surface area contributed by atoms with Crippen molar-refractivity contribution in [2.75, 3.05) is 5.88 Å². The smallest absolute Gasteiger partial charge is 0.126 e. The number of alkyl halides is 1. The fourth-order valence-electron chi connectivity index (χ4n) is 3.51. The molecule has 0 amide bonds. The van der Waals surface area contributed by atoms with E-state index in [9.17, 15) is 8.78 Å². The van der Waals surface area contributed by atoms with Gasteiger partial charge in [-0.05, 0) is 67.2 Å². The van der Waals surface area contributed by atoms with Crippen LogP contribution in [-0.2, 0) is 6.42 Å². The van der Waals surface area contributed by atoms with Gasteiger partial charge in [0.05, 0.1) is 0 Å². The molecule has 1 aromatic carbocycles. The normalized spacial score (nSPS) is 26.0. The van der Waals surface area contributed by atoms with Crippen molar-refractivity contribution in [1.29, 1.82) is 0 Å². The SMILES string of the molecule is CCCCC1CCC(CCl)(Cc2cc(F)ccc2F)CC1. The van der Waals surface area contributed by atoms with Crippen LogP contribution in [0.15, 0.2) is 18.2 Å². The van der Waals surface area contributed by atoms with Crippen LogP contribution in [-0.4, -0.2) is 5.88 Å². The van der Waals surface area contributed by atoms with Crippen molar-refractivity contribution >= 4 is 11.6 Å². The quantitative estimate of drug-likeness (QED) is 0.555. The van der Waals surface area contributed by atoms with E-state index in [0.717, 1.165) is 18.8 Å². The van der Waals surface area contributed by atoms with Gasteiger partial charge in [0.1, 0.15) is 11.6 Å². The van der Waals surface area contributed by atoms with Gasteiger partial charge in [-0.15, -0.1) is 11.6 Å². The Morgan fingerprint density at radius 3 is 2.57 bits per heavy atom. The second-order valence-electron chi connectivity index (χ2n) is 6.63. The van der Waals surface area contributed by atoms with Crippen LogP contribution in [0.2, 0.25) is 0 Å². The van der Waals surface area contributed by atoms with Crippen LogP contribution >= 0.6 is 11.6 Å². The molecule has 1 aliphatic rings. The standard InChI is InChI=1S/C18H25ClF2/c1-2-3-4-14-7-9-18(13-19,10-8-14)12-15-11-16(20)5-6-17(15)21/h5-6,11,14H,2-4,7-10,12-13H2,1H3. The predicted molar refractivity (Wildman–Crippen MR) is 84.7 cm³/mol. The Balaban J connectivity index is 2.01. The Bertz CT molecular complexity index is 451. The van der Waals surface area contributed by atoms with Gasteiger partial charge in [0.25, 0.3) is 0 Å². The van der Waals surface area contributed by atoms with Gasteiger partial charge in [0.2, 0.25) is 0 Å². The monoisotopic (exact) mass is 314 g/mol. The number of benzene rings is 1. The summed E-state index contributed by atoms with van der Waals surface area (Å²) in [6, 6.07) is 3.72. The van der Waals surface area contributed by atoms with Crippen LogP contribution in [0, 0.1) is 23.0 Å². The Hall–Kier alpha value is -0.630. The molecule has 118 valence electrons. The fraction of sp³-hybridized carbons (Fsp3) is 0.667.